The van der Waals surface area contributed by atoms with E-state index in [1.54, 1.807) is 31.4 Å². The second kappa shape index (κ2) is 12.8. The van der Waals surface area contributed by atoms with E-state index in [1.165, 1.54) is 4.31 Å². The zero-order valence-electron chi connectivity index (χ0n) is 23.7. The predicted molar refractivity (Wildman–Crippen MR) is 146 cm³/mol. The highest BCUT2D eigenvalue weighted by molar-refractivity contribution is 7.91. The minimum Gasteiger partial charge on any atom is -0.494 e. The molecule has 1 aromatic carbocycles. The molecule has 0 aliphatic carbocycles. The lowest BCUT2D eigenvalue weighted by molar-refractivity contribution is -0.142. The molecule has 1 unspecified atom stereocenters. The van der Waals surface area contributed by atoms with Crippen LogP contribution in [0.4, 0.5) is 18.9 Å². The number of nitrogens with zero attached hydrogens (tertiary/aromatic N) is 3. The Hall–Kier alpha value is -2.09. The van der Waals surface area contributed by atoms with Crippen LogP contribution in [0.2, 0.25) is 0 Å². The number of ether oxygens (including phenoxy) is 2. The highest BCUT2D eigenvalue weighted by Crippen LogP contribution is 2.35. The van der Waals surface area contributed by atoms with Gasteiger partial charge >= 0.3 is 12.1 Å². The Morgan fingerprint density at radius 2 is 1.60 bits per heavy atom. The van der Waals surface area contributed by atoms with Gasteiger partial charge in [0.25, 0.3) is 0 Å². The second-order valence-corrected chi connectivity index (χ2v) is 13.9. The Morgan fingerprint density at radius 1 is 1.02 bits per heavy atom. The van der Waals surface area contributed by atoms with Crippen molar-refractivity contribution in [1.82, 2.24) is 9.21 Å². The Bertz CT molecular complexity index is 1080. The lowest BCUT2D eigenvalue weighted by Gasteiger charge is -2.44. The van der Waals surface area contributed by atoms with Gasteiger partial charge in [-0.2, -0.15) is 17.5 Å². The van der Waals surface area contributed by atoms with Crippen LogP contribution in [0, 0.1) is 5.41 Å². The molecule has 2 aliphatic heterocycles. The van der Waals surface area contributed by atoms with E-state index in [0.717, 1.165) is 5.69 Å². The molecular weight excluding hydrogens is 551 g/mol. The van der Waals surface area contributed by atoms with E-state index in [4.69, 9.17) is 9.47 Å². The van der Waals surface area contributed by atoms with Crippen LogP contribution in [0.15, 0.2) is 24.3 Å². The Morgan fingerprint density at radius 3 is 2.08 bits per heavy atom. The van der Waals surface area contributed by atoms with Crippen LogP contribution in [-0.4, -0.2) is 105 Å². The molecule has 0 saturated carbocycles. The first-order valence-electron chi connectivity index (χ1n) is 13.6. The number of likely N-dealkylation sites (tertiary alicyclic amines) is 1. The normalized spacial score (nSPS) is 20.3. The number of hydrogen-bond donors (Lipinski definition) is 1. The molecule has 0 aromatic heterocycles. The molecule has 3 rings (SSSR count). The van der Waals surface area contributed by atoms with Gasteiger partial charge in [-0.05, 0) is 48.9 Å². The molecule has 2 fully saturated rings. The van der Waals surface area contributed by atoms with Gasteiger partial charge in [0.15, 0.2) is 4.75 Å². The summed E-state index contributed by atoms with van der Waals surface area (Å²) in [6.45, 7) is 8.57. The van der Waals surface area contributed by atoms with E-state index < -0.39 is 33.3 Å². The Balaban J connectivity index is 1.57. The van der Waals surface area contributed by atoms with Crippen molar-refractivity contribution in [2.75, 3.05) is 64.4 Å². The maximum atomic E-state index is 13.7. The average molecular weight is 594 g/mol. The van der Waals surface area contributed by atoms with Crippen molar-refractivity contribution in [2.24, 2.45) is 5.41 Å². The number of piperidine rings is 1. The zero-order chi connectivity index (χ0) is 29.8. The van der Waals surface area contributed by atoms with Gasteiger partial charge in [-0.25, -0.2) is 8.42 Å². The fourth-order valence-corrected chi connectivity index (χ4v) is 7.32. The number of hydrogen-bond acceptors (Lipinski definition) is 7. The minimum atomic E-state index is -4.20. The number of carbonyl (C=O) groups is 1. The van der Waals surface area contributed by atoms with E-state index in [9.17, 15) is 31.5 Å². The van der Waals surface area contributed by atoms with Gasteiger partial charge in [0.2, 0.25) is 10.0 Å². The lowest BCUT2D eigenvalue weighted by Crippen LogP contribution is -2.62. The van der Waals surface area contributed by atoms with Gasteiger partial charge in [0.1, 0.15) is 5.75 Å². The average Bonchev–Trinajstić information content (AvgIpc) is 2.89. The van der Waals surface area contributed by atoms with E-state index >= 15 is 0 Å². The Kier molecular flexibility index (Phi) is 10.4. The summed E-state index contributed by atoms with van der Waals surface area (Å²) in [5, 5.41) is 10.1. The number of benzene rings is 1. The quantitative estimate of drug-likeness (QED) is 0.387. The number of carboxylic acids is 1. The van der Waals surface area contributed by atoms with E-state index in [2.05, 4.69) is 25.7 Å². The van der Waals surface area contributed by atoms with Gasteiger partial charge in [-0.3, -0.25) is 4.79 Å². The van der Waals surface area contributed by atoms with Gasteiger partial charge in [0, 0.05) is 65.0 Å². The van der Waals surface area contributed by atoms with Gasteiger partial charge in [0.05, 0.1) is 12.7 Å². The molecule has 1 N–H and O–H groups in total. The van der Waals surface area contributed by atoms with Crippen LogP contribution < -0.4 is 9.64 Å². The first-order valence-corrected chi connectivity index (χ1v) is 15.1. The van der Waals surface area contributed by atoms with Crippen molar-refractivity contribution in [3.05, 3.63) is 24.3 Å². The van der Waals surface area contributed by atoms with Gasteiger partial charge in [-0.1, -0.05) is 20.8 Å². The molecule has 40 heavy (non-hydrogen) atoms. The molecule has 2 aliphatic rings. The molecule has 1 aromatic rings. The van der Waals surface area contributed by atoms with Gasteiger partial charge in [-0.15, -0.1) is 0 Å². The standard InChI is InChI=1S/C27H42F3N3O6S/c1-25(2,3)23(38-4)20-31-13-11-26(12-14-31,24(34)35)40(36,37)33-17-15-32(16-18-33)21-6-8-22(9-7-21)39-19-5-10-27(28,29)30/h6-9,23H,5,10-20H2,1-4H3,(H,34,35). The third-order valence-electron chi connectivity index (χ3n) is 7.88. The van der Waals surface area contributed by atoms with E-state index in [-0.39, 0.29) is 50.5 Å². The van der Waals surface area contributed by atoms with E-state index in [0.29, 0.717) is 38.5 Å². The number of rotatable bonds is 11. The van der Waals surface area contributed by atoms with Crippen molar-refractivity contribution in [2.45, 2.75) is 63.5 Å². The molecule has 9 nitrogen and oxygen atoms in total. The molecule has 13 heteroatoms. The fourth-order valence-electron chi connectivity index (χ4n) is 5.27. The molecule has 0 radical (unpaired) electrons. The van der Waals surface area contributed by atoms with Crippen LogP contribution in [0.5, 0.6) is 5.75 Å². The SMILES string of the molecule is COC(CN1CCC(C(=O)O)(S(=O)(=O)N2CCN(c3ccc(OCCCC(F)(F)F)cc3)CC2)CC1)C(C)(C)C. The maximum absolute atomic E-state index is 13.7. The third kappa shape index (κ3) is 7.80. The number of methoxy groups -OCH3 is 1. The van der Waals surface area contributed by atoms with E-state index in [1.807, 2.05) is 4.90 Å². The summed E-state index contributed by atoms with van der Waals surface area (Å²) in [5.41, 5.74) is 0.721. The van der Waals surface area contributed by atoms with Crippen LogP contribution in [0.1, 0.15) is 46.5 Å². The van der Waals surface area contributed by atoms with Crippen LogP contribution in [-0.2, 0) is 19.6 Å². The summed E-state index contributed by atoms with van der Waals surface area (Å²) >= 11 is 0. The predicted octanol–water partition coefficient (Wildman–Crippen LogP) is 3.84. The topological polar surface area (TPSA) is 99.6 Å². The number of piperazine rings is 1. The van der Waals surface area contributed by atoms with Crippen LogP contribution >= 0.6 is 0 Å². The smallest absolute Gasteiger partial charge is 0.389 e. The highest BCUT2D eigenvalue weighted by atomic mass is 32.2. The number of aliphatic carboxylic acids is 1. The summed E-state index contributed by atoms with van der Waals surface area (Å²) < 4.78 is 74.7. The summed E-state index contributed by atoms with van der Waals surface area (Å²) in [6.07, 6.45) is -5.27. The number of carboxylic acid groups (broad SMARTS) is 1. The van der Waals surface area contributed by atoms with Crippen molar-refractivity contribution in [1.29, 1.82) is 0 Å². The first-order chi connectivity index (χ1) is 18.6. The van der Waals surface area contributed by atoms with Crippen molar-refractivity contribution in [3.8, 4) is 5.75 Å². The maximum Gasteiger partial charge on any atom is 0.389 e. The van der Waals surface area contributed by atoms with Crippen molar-refractivity contribution < 1.29 is 41.0 Å². The summed E-state index contributed by atoms with van der Waals surface area (Å²) in [5.74, 6) is -0.847. The molecule has 228 valence electrons. The molecule has 0 spiro atoms. The summed E-state index contributed by atoms with van der Waals surface area (Å²) in [6, 6.07) is 6.91. The summed E-state index contributed by atoms with van der Waals surface area (Å²) in [4.78, 5) is 16.5. The van der Waals surface area contributed by atoms with Crippen molar-refractivity contribution in [3.63, 3.8) is 0 Å². The van der Waals surface area contributed by atoms with Crippen LogP contribution in [0.25, 0.3) is 0 Å². The molecule has 2 saturated heterocycles. The summed E-state index contributed by atoms with van der Waals surface area (Å²) in [7, 11) is -2.47. The number of anilines is 1. The number of alkyl halides is 3. The van der Waals surface area contributed by atoms with Gasteiger partial charge < -0.3 is 24.4 Å². The zero-order valence-corrected chi connectivity index (χ0v) is 24.6. The minimum absolute atomic E-state index is 0.00981. The van der Waals surface area contributed by atoms with Crippen molar-refractivity contribution >= 4 is 21.7 Å². The van der Waals surface area contributed by atoms with Crippen LogP contribution in [0.3, 0.4) is 0 Å². The number of halogens is 3. The molecule has 2 heterocycles. The molecular formula is C27H42F3N3O6S. The molecule has 0 bridgehead atoms. The number of sulfonamides is 1. The Labute approximate surface area is 235 Å². The third-order valence-corrected chi connectivity index (χ3v) is 10.5. The molecule has 1 atom stereocenters. The fraction of sp³-hybridized carbons (Fsp3) is 0.741. The largest absolute Gasteiger partial charge is 0.494 e. The first kappa shape index (κ1) is 32.4. The second-order valence-electron chi connectivity index (χ2n) is 11.6. The molecule has 0 amide bonds. The lowest BCUT2D eigenvalue weighted by atomic mass is 9.87. The monoisotopic (exact) mass is 593 g/mol. The highest BCUT2D eigenvalue weighted by Gasteiger charge is 2.55.